The lowest BCUT2D eigenvalue weighted by Crippen LogP contribution is -2.39. The van der Waals surface area contributed by atoms with Gasteiger partial charge >= 0.3 is 0 Å². The molecule has 6 heteroatoms. The normalized spacial score (nSPS) is 32.9. The maximum Gasteiger partial charge on any atom is 0.163 e. The Bertz CT molecular complexity index is 808. The molecule has 1 aromatic heterocycles. The highest BCUT2D eigenvalue weighted by molar-refractivity contribution is 5.91. The van der Waals surface area contributed by atoms with E-state index in [4.69, 9.17) is 2.74 Å². The number of fused-ring (bicyclic) bond motifs is 1. The maximum absolute atomic E-state index is 10.3. The highest BCUT2D eigenvalue weighted by Crippen LogP contribution is 2.32. The SMILES string of the molecule is [2H]C1C=CN(c2nn(C)c3cc([C@@H]4CCNC[C@@H]4O)ccc23)C([2H])N1. The molecule has 4 rings (SSSR count). The number of aromatic nitrogens is 2. The smallest absolute Gasteiger partial charge is 0.163 e. The molecule has 0 aliphatic carbocycles. The molecule has 0 spiro atoms. The highest BCUT2D eigenvalue weighted by atomic mass is 16.3. The summed E-state index contributed by atoms with van der Waals surface area (Å²) >= 11 is 0. The van der Waals surface area contributed by atoms with Crippen LogP contribution in [0.2, 0.25) is 0 Å². The van der Waals surface area contributed by atoms with E-state index in [2.05, 4.69) is 27.9 Å². The van der Waals surface area contributed by atoms with Crippen molar-refractivity contribution in [1.82, 2.24) is 20.4 Å². The average Bonchev–Trinajstić information content (AvgIpc) is 2.91. The summed E-state index contributed by atoms with van der Waals surface area (Å²) in [5, 5.41) is 21.9. The predicted octanol–water partition coefficient (Wildman–Crippen LogP) is 0.892. The second-order valence-electron chi connectivity index (χ2n) is 6.10. The van der Waals surface area contributed by atoms with Crippen LogP contribution < -0.4 is 15.5 Å². The van der Waals surface area contributed by atoms with Crippen LogP contribution in [-0.4, -0.2) is 47.2 Å². The molecule has 2 aliphatic rings. The first-order chi connectivity index (χ1) is 12.0. The summed E-state index contributed by atoms with van der Waals surface area (Å²) in [5.74, 6) is 0.833. The van der Waals surface area contributed by atoms with Crippen LogP contribution in [0.1, 0.15) is 20.6 Å². The van der Waals surface area contributed by atoms with Crippen molar-refractivity contribution in [2.24, 2.45) is 7.05 Å². The van der Waals surface area contributed by atoms with Crippen molar-refractivity contribution in [3.05, 3.63) is 36.0 Å². The van der Waals surface area contributed by atoms with Gasteiger partial charge in [0.2, 0.25) is 0 Å². The van der Waals surface area contributed by atoms with E-state index in [9.17, 15) is 5.11 Å². The third-order valence-corrected chi connectivity index (χ3v) is 4.63. The molecule has 0 saturated carbocycles. The molecule has 1 aromatic carbocycles. The maximum atomic E-state index is 10.3. The minimum atomic E-state index is -0.739. The molecule has 3 heterocycles. The summed E-state index contributed by atoms with van der Waals surface area (Å²) in [7, 11) is 1.89. The minimum absolute atomic E-state index is 0.133. The van der Waals surface area contributed by atoms with Gasteiger partial charge in [0.15, 0.2) is 5.82 Å². The zero-order valence-corrected chi connectivity index (χ0v) is 13.1. The Kier molecular flexibility index (Phi) is 3.24. The Balaban J connectivity index is 1.73. The van der Waals surface area contributed by atoms with Crippen molar-refractivity contribution in [3.8, 4) is 0 Å². The summed E-state index contributed by atoms with van der Waals surface area (Å²) in [5.41, 5.74) is 2.10. The fourth-order valence-electron chi connectivity index (χ4n) is 3.40. The van der Waals surface area contributed by atoms with Gasteiger partial charge in [0.1, 0.15) is 0 Å². The monoisotopic (exact) mass is 315 g/mol. The molecule has 4 atom stereocenters. The van der Waals surface area contributed by atoms with Gasteiger partial charge in [0, 0.05) is 39.0 Å². The van der Waals surface area contributed by atoms with Gasteiger partial charge < -0.3 is 15.3 Å². The molecule has 1 saturated heterocycles. The van der Waals surface area contributed by atoms with Gasteiger partial charge in [-0.15, -0.1) is 0 Å². The summed E-state index contributed by atoms with van der Waals surface area (Å²) in [6, 6.07) is 6.17. The van der Waals surface area contributed by atoms with E-state index in [-0.39, 0.29) is 12.0 Å². The lowest BCUT2D eigenvalue weighted by molar-refractivity contribution is 0.118. The molecule has 0 amide bonds. The number of aryl methyl sites for hydroxylation is 1. The first-order valence-corrected chi connectivity index (χ1v) is 7.97. The Morgan fingerprint density at radius 3 is 3.13 bits per heavy atom. The Labute approximate surface area is 138 Å². The average molecular weight is 315 g/mol. The Hall–Kier alpha value is -1.89. The number of aliphatic hydroxyl groups is 1. The third-order valence-electron chi connectivity index (χ3n) is 4.63. The minimum Gasteiger partial charge on any atom is -0.391 e. The molecule has 2 unspecified atom stereocenters. The molecule has 0 radical (unpaired) electrons. The molecule has 0 bridgehead atoms. The van der Waals surface area contributed by atoms with E-state index < -0.39 is 13.2 Å². The first kappa shape index (κ1) is 12.5. The molecule has 2 aliphatic heterocycles. The molecular formula is C17H23N5O. The summed E-state index contributed by atoms with van der Waals surface area (Å²) in [4.78, 5) is 1.73. The lowest BCUT2D eigenvalue weighted by Gasteiger charge is -2.28. The second-order valence-corrected chi connectivity index (χ2v) is 6.10. The number of β-amino-alcohol motifs (C(OH)–C–C–N with tert-alkyl or cyclic N) is 1. The quantitative estimate of drug-likeness (QED) is 0.768. The molecule has 2 aromatic rings. The van der Waals surface area contributed by atoms with Gasteiger partial charge in [-0.2, -0.15) is 5.10 Å². The molecule has 1 fully saturated rings. The number of aliphatic hydroxyl groups excluding tert-OH is 1. The second kappa shape index (κ2) is 5.96. The van der Waals surface area contributed by atoms with Gasteiger partial charge in [0.25, 0.3) is 0 Å². The Morgan fingerprint density at radius 1 is 1.39 bits per heavy atom. The molecule has 3 N–H and O–H groups in total. The topological polar surface area (TPSA) is 65.4 Å². The van der Waals surface area contributed by atoms with Crippen molar-refractivity contribution in [2.75, 3.05) is 31.2 Å². The van der Waals surface area contributed by atoms with E-state index in [0.29, 0.717) is 12.4 Å². The first-order valence-electron chi connectivity index (χ1n) is 9.12. The highest BCUT2D eigenvalue weighted by Gasteiger charge is 2.25. The number of anilines is 1. The predicted molar refractivity (Wildman–Crippen MR) is 91.4 cm³/mol. The number of rotatable bonds is 2. The van der Waals surface area contributed by atoms with E-state index in [0.717, 1.165) is 29.4 Å². The van der Waals surface area contributed by atoms with Crippen molar-refractivity contribution in [1.29, 1.82) is 0 Å². The number of nitrogens with one attached hydrogen (secondary N) is 2. The van der Waals surface area contributed by atoms with E-state index in [1.165, 1.54) is 0 Å². The van der Waals surface area contributed by atoms with Crippen molar-refractivity contribution < 1.29 is 7.85 Å². The van der Waals surface area contributed by atoms with E-state index in [1.54, 1.807) is 17.2 Å². The number of piperidine rings is 1. The van der Waals surface area contributed by atoms with Crippen LogP contribution in [0.15, 0.2) is 30.5 Å². The zero-order valence-electron chi connectivity index (χ0n) is 15.1. The van der Waals surface area contributed by atoms with Crippen molar-refractivity contribution in [2.45, 2.75) is 18.4 Å². The molecule has 122 valence electrons. The van der Waals surface area contributed by atoms with Crippen LogP contribution in [0.5, 0.6) is 0 Å². The van der Waals surface area contributed by atoms with Gasteiger partial charge in [-0.1, -0.05) is 12.1 Å². The molecular weight excluding hydrogens is 290 g/mol. The fraction of sp³-hybridized carbons (Fsp3) is 0.471. The fourth-order valence-corrected chi connectivity index (χ4v) is 3.40. The molecule has 23 heavy (non-hydrogen) atoms. The van der Waals surface area contributed by atoms with Crippen LogP contribution in [0, 0.1) is 0 Å². The van der Waals surface area contributed by atoms with Crippen molar-refractivity contribution in [3.63, 3.8) is 0 Å². The van der Waals surface area contributed by atoms with E-state index in [1.807, 2.05) is 17.8 Å². The summed E-state index contributed by atoms with van der Waals surface area (Å²) in [6.45, 7) is 0.228. The van der Waals surface area contributed by atoms with Crippen LogP contribution in [0.3, 0.4) is 0 Å². The van der Waals surface area contributed by atoms with Crippen LogP contribution >= 0.6 is 0 Å². The number of hydrogen-bond donors (Lipinski definition) is 3. The zero-order chi connectivity index (χ0) is 17.6. The van der Waals surface area contributed by atoms with Gasteiger partial charge in [0.05, 0.1) is 19.6 Å². The van der Waals surface area contributed by atoms with Gasteiger partial charge in [-0.3, -0.25) is 10.00 Å². The van der Waals surface area contributed by atoms with E-state index >= 15 is 0 Å². The summed E-state index contributed by atoms with van der Waals surface area (Å²) < 4.78 is 17.7. The standard InChI is InChI=1S/C17H23N5O/c1-21-15-9-12(13-5-7-18-10-16(13)23)3-4-14(15)17(20-21)22-8-2-6-19-11-22/h2-4,8-9,13,16,18-19,23H,5-7,10-11H2,1H3/t13-,16-/m0/s1/i6D,11D/t6?,11?,13-,16-. The number of hydrogen-bond acceptors (Lipinski definition) is 5. The van der Waals surface area contributed by atoms with Gasteiger partial charge in [-0.25, -0.2) is 0 Å². The Morgan fingerprint density at radius 2 is 2.30 bits per heavy atom. The number of nitrogens with zero attached hydrogens (tertiary/aromatic N) is 3. The van der Waals surface area contributed by atoms with Crippen LogP contribution in [-0.2, 0) is 7.05 Å². The van der Waals surface area contributed by atoms with Gasteiger partial charge in [-0.05, 0) is 30.7 Å². The van der Waals surface area contributed by atoms with Crippen molar-refractivity contribution >= 4 is 16.7 Å². The van der Waals surface area contributed by atoms with Crippen LogP contribution in [0.25, 0.3) is 10.9 Å². The largest absolute Gasteiger partial charge is 0.391 e. The number of benzene rings is 1. The lowest BCUT2D eigenvalue weighted by atomic mass is 9.87. The summed E-state index contributed by atoms with van der Waals surface area (Å²) in [6.07, 6.45) is 3.99. The van der Waals surface area contributed by atoms with Crippen LogP contribution in [0.4, 0.5) is 5.82 Å². The molecule has 6 nitrogen and oxygen atoms in total. The third kappa shape index (κ3) is 2.63.